The van der Waals surface area contributed by atoms with Crippen molar-refractivity contribution in [2.45, 2.75) is 19.8 Å². The Balaban J connectivity index is 2.45. The second kappa shape index (κ2) is 4.70. The topological polar surface area (TPSA) is 34.0 Å². The molecule has 0 unspecified atom stereocenters. The predicted octanol–water partition coefficient (Wildman–Crippen LogP) is 1.55. The molecule has 1 N–H and O–H groups in total. The van der Waals surface area contributed by atoms with Crippen molar-refractivity contribution in [1.82, 2.24) is 9.88 Å². The molecule has 0 spiro atoms. The molecule has 1 aromatic rings. The maximum Gasteiger partial charge on any atom is 0.267 e. The molecular weight excluding hydrogens is 164 g/mol. The zero-order chi connectivity index (χ0) is 9.68. The van der Waals surface area contributed by atoms with E-state index in [-0.39, 0.29) is 5.91 Å². The number of unbranched alkanes of at least 4 members (excludes halogenated alkanes) is 1. The van der Waals surface area contributed by atoms with E-state index in [2.05, 4.69) is 12.2 Å². The lowest BCUT2D eigenvalue weighted by Crippen LogP contribution is -2.26. The molecule has 0 aliphatic carbocycles. The van der Waals surface area contributed by atoms with Gasteiger partial charge in [-0.3, -0.25) is 4.79 Å². The highest BCUT2D eigenvalue weighted by Crippen LogP contribution is 1.98. The first kappa shape index (κ1) is 9.84. The van der Waals surface area contributed by atoms with Crippen molar-refractivity contribution in [3.05, 3.63) is 24.0 Å². The van der Waals surface area contributed by atoms with E-state index in [1.54, 1.807) is 0 Å². The van der Waals surface area contributed by atoms with Crippen LogP contribution in [0.1, 0.15) is 30.3 Å². The average Bonchev–Trinajstić information content (AvgIpc) is 2.52. The van der Waals surface area contributed by atoms with Gasteiger partial charge in [0.2, 0.25) is 0 Å². The number of rotatable bonds is 4. The summed E-state index contributed by atoms with van der Waals surface area (Å²) in [6, 6.07) is 3.69. The summed E-state index contributed by atoms with van der Waals surface area (Å²) in [4.78, 5) is 11.5. The lowest BCUT2D eigenvalue weighted by molar-refractivity contribution is 0.0945. The molecule has 13 heavy (non-hydrogen) atoms. The van der Waals surface area contributed by atoms with Crippen molar-refractivity contribution in [3.8, 4) is 0 Å². The van der Waals surface area contributed by atoms with Crippen LogP contribution in [-0.4, -0.2) is 17.0 Å². The largest absolute Gasteiger partial charge is 0.351 e. The van der Waals surface area contributed by atoms with E-state index in [0.717, 1.165) is 25.1 Å². The summed E-state index contributed by atoms with van der Waals surface area (Å²) in [5.41, 5.74) is 0.719. The van der Waals surface area contributed by atoms with Gasteiger partial charge in [0.25, 0.3) is 5.91 Å². The van der Waals surface area contributed by atoms with E-state index in [0.29, 0.717) is 0 Å². The highest BCUT2D eigenvalue weighted by atomic mass is 16.1. The maximum absolute atomic E-state index is 11.5. The molecule has 1 rings (SSSR count). The van der Waals surface area contributed by atoms with Crippen LogP contribution in [0.2, 0.25) is 0 Å². The first-order valence-electron chi connectivity index (χ1n) is 4.65. The third-order valence-corrected chi connectivity index (χ3v) is 1.99. The van der Waals surface area contributed by atoms with E-state index in [1.165, 1.54) is 0 Å². The highest BCUT2D eigenvalue weighted by molar-refractivity contribution is 5.92. The third kappa shape index (κ3) is 2.61. The standard InChI is InChI=1S/C10H16N2O/c1-3-4-7-11-10(13)9-6-5-8-12(9)2/h5-6,8H,3-4,7H2,1-2H3,(H,11,13). The number of aryl methyl sites for hydroxylation is 1. The predicted molar refractivity (Wildman–Crippen MR) is 52.7 cm³/mol. The second-order valence-electron chi connectivity index (χ2n) is 3.11. The van der Waals surface area contributed by atoms with Gasteiger partial charge < -0.3 is 9.88 Å². The lowest BCUT2D eigenvalue weighted by atomic mass is 10.3. The minimum absolute atomic E-state index is 0.0148. The Bertz CT molecular complexity index is 278. The van der Waals surface area contributed by atoms with Crippen LogP contribution in [0.15, 0.2) is 18.3 Å². The van der Waals surface area contributed by atoms with Gasteiger partial charge in [-0.2, -0.15) is 0 Å². The summed E-state index contributed by atoms with van der Waals surface area (Å²) in [5, 5.41) is 2.87. The van der Waals surface area contributed by atoms with Crippen molar-refractivity contribution >= 4 is 5.91 Å². The monoisotopic (exact) mass is 180 g/mol. The van der Waals surface area contributed by atoms with Crippen molar-refractivity contribution in [2.24, 2.45) is 7.05 Å². The molecule has 0 radical (unpaired) electrons. The number of nitrogens with one attached hydrogen (secondary N) is 1. The van der Waals surface area contributed by atoms with Gasteiger partial charge in [0.1, 0.15) is 5.69 Å². The Labute approximate surface area is 78.8 Å². The van der Waals surface area contributed by atoms with Crippen LogP contribution < -0.4 is 5.32 Å². The second-order valence-corrected chi connectivity index (χ2v) is 3.11. The summed E-state index contributed by atoms with van der Waals surface area (Å²) >= 11 is 0. The van der Waals surface area contributed by atoms with Gasteiger partial charge in [0.15, 0.2) is 0 Å². The van der Waals surface area contributed by atoms with E-state index >= 15 is 0 Å². The quantitative estimate of drug-likeness (QED) is 0.701. The van der Waals surface area contributed by atoms with Crippen LogP contribution >= 0.6 is 0 Å². The molecule has 0 atom stereocenters. The number of aromatic nitrogens is 1. The normalized spacial score (nSPS) is 10.0. The summed E-state index contributed by atoms with van der Waals surface area (Å²) in [7, 11) is 1.87. The SMILES string of the molecule is CCCCNC(=O)c1cccn1C. The van der Waals surface area contributed by atoms with Gasteiger partial charge in [-0.05, 0) is 18.6 Å². The van der Waals surface area contributed by atoms with Gasteiger partial charge >= 0.3 is 0 Å². The van der Waals surface area contributed by atoms with Crippen LogP contribution in [0.3, 0.4) is 0 Å². The number of amides is 1. The summed E-state index contributed by atoms with van der Waals surface area (Å²) < 4.78 is 1.82. The van der Waals surface area contributed by atoms with E-state index in [9.17, 15) is 4.79 Å². The van der Waals surface area contributed by atoms with Crippen molar-refractivity contribution in [1.29, 1.82) is 0 Å². The van der Waals surface area contributed by atoms with Gasteiger partial charge in [0.05, 0.1) is 0 Å². The molecule has 0 saturated heterocycles. The van der Waals surface area contributed by atoms with Crippen LogP contribution in [0.5, 0.6) is 0 Å². The molecule has 3 nitrogen and oxygen atoms in total. The van der Waals surface area contributed by atoms with Crippen molar-refractivity contribution in [3.63, 3.8) is 0 Å². The molecule has 0 fully saturated rings. The van der Waals surface area contributed by atoms with Crippen LogP contribution in [0, 0.1) is 0 Å². The van der Waals surface area contributed by atoms with Crippen LogP contribution in [-0.2, 0) is 7.05 Å². The highest BCUT2D eigenvalue weighted by Gasteiger charge is 2.06. The van der Waals surface area contributed by atoms with Crippen LogP contribution in [0.4, 0.5) is 0 Å². The molecule has 0 bridgehead atoms. The number of hydrogen-bond acceptors (Lipinski definition) is 1. The lowest BCUT2D eigenvalue weighted by Gasteiger charge is -2.04. The smallest absolute Gasteiger partial charge is 0.267 e. The number of carbonyl (C=O) groups excluding carboxylic acids is 1. The average molecular weight is 180 g/mol. The molecule has 1 heterocycles. The minimum atomic E-state index is 0.0148. The van der Waals surface area contributed by atoms with Gasteiger partial charge in [-0.25, -0.2) is 0 Å². The maximum atomic E-state index is 11.5. The van der Waals surface area contributed by atoms with Crippen LogP contribution in [0.25, 0.3) is 0 Å². The Morgan fingerprint density at radius 1 is 1.62 bits per heavy atom. The van der Waals surface area contributed by atoms with E-state index < -0.39 is 0 Å². The zero-order valence-corrected chi connectivity index (χ0v) is 8.21. The molecule has 1 amide bonds. The number of nitrogens with zero attached hydrogens (tertiary/aromatic N) is 1. The molecule has 0 aliphatic rings. The first-order valence-corrected chi connectivity index (χ1v) is 4.65. The zero-order valence-electron chi connectivity index (χ0n) is 8.21. The number of hydrogen-bond donors (Lipinski definition) is 1. The molecule has 72 valence electrons. The third-order valence-electron chi connectivity index (χ3n) is 1.99. The Morgan fingerprint density at radius 3 is 2.92 bits per heavy atom. The van der Waals surface area contributed by atoms with Gasteiger partial charge in [0, 0.05) is 19.8 Å². The summed E-state index contributed by atoms with van der Waals surface area (Å²) in [6.45, 7) is 2.87. The molecule has 3 heteroatoms. The van der Waals surface area contributed by atoms with E-state index in [1.807, 2.05) is 29.9 Å². The summed E-state index contributed by atoms with van der Waals surface area (Å²) in [5.74, 6) is 0.0148. The molecule has 0 aliphatic heterocycles. The Hall–Kier alpha value is -1.25. The fraction of sp³-hybridized carbons (Fsp3) is 0.500. The molecule has 0 saturated carbocycles. The number of carbonyl (C=O) groups is 1. The summed E-state index contributed by atoms with van der Waals surface area (Å²) in [6.07, 6.45) is 4.01. The molecule has 1 aromatic heterocycles. The van der Waals surface area contributed by atoms with Gasteiger partial charge in [-0.15, -0.1) is 0 Å². The Kier molecular flexibility index (Phi) is 3.55. The molecular formula is C10H16N2O. The van der Waals surface area contributed by atoms with Crippen molar-refractivity contribution < 1.29 is 4.79 Å². The fourth-order valence-electron chi connectivity index (χ4n) is 1.17. The fourth-order valence-corrected chi connectivity index (χ4v) is 1.17. The first-order chi connectivity index (χ1) is 6.25. The van der Waals surface area contributed by atoms with Gasteiger partial charge in [-0.1, -0.05) is 13.3 Å². The minimum Gasteiger partial charge on any atom is -0.351 e. The molecule has 0 aromatic carbocycles. The van der Waals surface area contributed by atoms with E-state index in [4.69, 9.17) is 0 Å². The van der Waals surface area contributed by atoms with Crippen molar-refractivity contribution in [2.75, 3.05) is 6.54 Å². The Morgan fingerprint density at radius 2 is 2.38 bits per heavy atom.